The zero-order chi connectivity index (χ0) is 17.7. The lowest BCUT2D eigenvalue weighted by atomic mass is 10.1. The lowest BCUT2D eigenvalue weighted by Crippen LogP contribution is -2.43. The van der Waals surface area contributed by atoms with Gasteiger partial charge in [-0.15, -0.1) is 0 Å². The summed E-state index contributed by atoms with van der Waals surface area (Å²) in [5, 5.41) is 0.229. The van der Waals surface area contributed by atoms with E-state index in [4.69, 9.17) is 27.9 Å². The molecule has 24 heavy (non-hydrogen) atoms. The van der Waals surface area contributed by atoms with Crippen LogP contribution in [0.1, 0.15) is 5.56 Å². The minimum Gasteiger partial charge on any atom is -0.468 e. The largest absolute Gasteiger partial charge is 0.468 e. The van der Waals surface area contributed by atoms with Crippen LogP contribution in [-0.4, -0.2) is 27.5 Å². The lowest BCUT2D eigenvalue weighted by molar-refractivity contribution is -0.142. The predicted octanol–water partition coefficient (Wildman–Crippen LogP) is 3.06. The molecule has 5 nitrogen and oxygen atoms in total. The molecule has 128 valence electrons. The van der Waals surface area contributed by atoms with Gasteiger partial charge in [-0.3, -0.25) is 4.79 Å². The van der Waals surface area contributed by atoms with Crippen molar-refractivity contribution in [3.05, 3.63) is 64.1 Å². The van der Waals surface area contributed by atoms with Crippen LogP contribution in [0.2, 0.25) is 10.0 Å². The molecule has 0 radical (unpaired) electrons. The lowest BCUT2D eigenvalue weighted by Gasteiger charge is -2.17. The van der Waals surface area contributed by atoms with Crippen LogP contribution in [0.15, 0.2) is 53.4 Å². The number of benzene rings is 2. The molecule has 0 unspecified atom stereocenters. The van der Waals surface area contributed by atoms with E-state index < -0.39 is 22.0 Å². The van der Waals surface area contributed by atoms with Crippen molar-refractivity contribution in [2.75, 3.05) is 7.11 Å². The molecule has 0 aliphatic rings. The molecule has 1 atom stereocenters. The number of esters is 1. The van der Waals surface area contributed by atoms with Gasteiger partial charge in [-0.1, -0.05) is 53.5 Å². The summed E-state index contributed by atoms with van der Waals surface area (Å²) in [6.45, 7) is 0. The van der Waals surface area contributed by atoms with Gasteiger partial charge in [0.25, 0.3) is 0 Å². The van der Waals surface area contributed by atoms with Gasteiger partial charge in [0.1, 0.15) is 10.9 Å². The molecule has 0 aliphatic carbocycles. The normalized spacial score (nSPS) is 12.6. The first kappa shape index (κ1) is 18.7. The molecule has 2 aromatic rings. The van der Waals surface area contributed by atoms with Crippen molar-refractivity contribution in [2.24, 2.45) is 0 Å². The van der Waals surface area contributed by atoms with Crippen molar-refractivity contribution >= 4 is 39.2 Å². The monoisotopic (exact) mass is 387 g/mol. The minimum absolute atomic E-state index is 0.00947. The van der Waals surface area contributed by atoms with E-state index in [1.54, 1.807) is 24.3 Å². The zero-order valence-electron chi connectivity index (χ0n) is 12.7. The van der Waals surface area contributed by atoms with Crippen molar-refractivity contribution in [1.29, 1.82) is 0 Å². The minimum atomic E-state index is -4.06. The van der Waals surface area contributed by atoms with E-state index in [0.29, 0.717) is 0 Å². The average molecular weight is 388 g/mol. The molecule has 8 heteroatoms. The Morgan fingerprint density at radius 3 is 2.46 bits per heavy atom. The van der Waals surface area contributed by atoms with Crippen molar-refractivity contribution in [3.63, 3.8) is 0 Å². The van der Waals surface area contributed by atoms with E-state index in [1.807, 2.05) is 6.07 Å². The predicted molar refractivity (Wildman–Crippen MR) is 92.7 cm³/mol. The third-order valence-electron chi connectivity index (χ3n) is 3.25. The fourth-order valence-electron chi connectivity index (χ4n) is 2.10. The molecular weight excluding hydrogens is 373 g/mol. The molecule has 0 saturated heterocycles. The molecule has 0 bridgehead atoms. The van der Waals surface area contributed by atoms with Gasteiger partial charge in [-0.25, -0.2) is 8.42 Å². The van der Waals surface area contributed by atoms with Gasteiger partial charge in [0.15, 0.2) is 0 Å². The number of methoxy groups -OCH3 is 1. The molecule has 0 heterocycles. The maximum Gasteiger partial charge on any atom is 0.324 e. The quantitative estimate of drug-likeness (QED) is 0.773. The first-order valence-corrected chi connectivity index (χ1v) is 9.16. The van der Waals surface area contributed by atoms with Crippen LogP contribution in [-0.2, 0) is 26.0 Å². The number of carbonyl (C=O) groups excluding carboxylic acids is 1. The van der Waals surface area contributed by atoms with Crippen LogP contribution in [0.3, 0.4) is 0 Å². The molecule has 0 aromatic heterocycles. The number of rotatable bonds is 6. The van der Waals surface area contributed by atoms with Gasteiger partial charge in [0, 0.05) is 5.02 Å². The molecule has 0 aliphatic heterocycles. The highest BCUT2D eigenvalue weighted by atomic mass is 35.5. The fraction of sp³-hybridized carbons (Fsp3) is 0.188. The first-order valence-electron chi connectivity index (χ1n) is 6.92. The van der Waals surface area contributed by atoms with Gasteiger partial charge in [0.2, 0.25) is 10.0 Å². The Hall–Kier alpha value is -1.60. The highest BCUT2D eigenvalue weighted by Crippen LogP contribution is 2.25. The van der Waals surface area contributed by atoms with Crippen LogP contribution >= 0.6 is 23.2 Å². The summed E-state index contributed by atoms with van der Waals surface area (Å²) in [4.78, 5) is 11.8. The number of sulfonamides is 1. The number of hydrogen-bond donors (Lipinski definition) is 1. The highest BCUT2D eigenvalue weighted by Gasteiger charge is 2.28. The zero-order valence-corrected chi connectivity index (χ0v) is 15.0. The molecule has 2 rings (SSSR count). The maximum atomic E-state index is 12.6. The Labute approximate surface area is 150 Å². The van der Waals surface area contributed by atoms with Crippen LogP contribution < -0.4 is 4.72 Å². The second kappa shape index (κ2) is 7.98. The average Bonchev–Trinajstić information content (AvgIpc) is 2.56. The van der Waals surface area contributed by atoms with Crippen molar-refractivity contribution in [1.82, 2.24) is 4.72 Å². The molecule has 0 saturated carbocycles. The van der Waals surface area contributed by atoms with Crippen molar-refractivity contribution < 1.29 is 17.9 Å². The van der Waals surface area contributed by atoms with E-state index >= 15 is 0 Å². The number of carbonyl (C=O) groups is 1. The summed E-state index contributed by atoms with van der Waals surface area (Å²) < 4.78 is 32.2. The number of halogens is 2. The van der Waals surface area contributed by atoms with Gasteiger partial charge >= 0.3 is 5.97 Å². The SMILES string of the molecule is COC(=O)[C@H](Cc1ccccc1)NS(=O)(=O)c1cc(Cl)ccc1Cl. The molecular formula is C16H15Cl2NO4S. The number of ether oxygens (including phenoxy) is 1. The summed E-state index contributed by atoms with van der Waals surface area (Å²) >= 11 is 11.8. The third kappa shape index (κ3) is 4.70. The highest BCUT2D eigenvalue weighted by molar-refractivity contribution is 7.89. The third-order valence-corrected chi connectivity index (χ3v) is 5.44. The summed E-state index contributed by atoms with van der Waals surface area (Å²) in [5.74, 6) is -0.694. The molecule has 1 N–H and O–H groups in total. The summed E-state index contributed by atoms with van der Waals surface area (Å²) in [6.07, 6.45) is 0.144. The maximum absolute atomic E-state index is 12.6. The molecule has 2 aromatic carbocycles. The Morgan fingerprint density at radius 1 is 1.17 bits per heavy atom. The number of nitrogens with one attached hydrogen (secondary N) is 1. The Bertz CT molecular complexity index is 825. The van der Waals surface area contributed by atoms with Crippen LogP contribution in [0.5, 0.6) is 0 Å². The van der Waals surface area contributed by atoms with Gasteiger partial charge in [0.05, 0.1) is 12.1 Å². The topological polar surface area (TPSA) is 72.5 Å². The fourth-order valence-corrected chi connectivity index (χ4v) is 4.05. The van der Waals surface area contributed by atoms with Crippen molar-refractivity contribution in [2.45, 2.75) is 17.4 Å². The molecule has 0 amide bonds. The Balaban J connectivity index is 2.31. The van der Waals surface area contributed by atoms with E-state index in [1.165, 1.54) is 25.3 Å². The smallest absolute Gasteiger partial charge is 0.324 e. The van der Waals surface area contributed by atoms with Gasteiger partial charge < -0.3 is 4.74 Å². The second-order valence-corrected chi connectivity index (χ2v) is 7.49. The standard InChI is InChI=1S/C16H15Cl2NO4S/c1-23-16(20)14(9-11-5-3-2-4-6-11)19-24(21,22)15-10-12(17)7-8-13(15)18/h2-8,10,14,19H,9H2,1H3/t14-/m0/s1. The van der Waals surface area contributed by atoms with Crippen LogP contribution in [0.4, 0.5) is 0 Å². The van der Waals surface area contributed by atoms with Crippen LogP contribution in [0.25, 0.3) is 0 Å². The first-order chi connectivity index (χ1) is 11.3. The van der Waals surface area contributed by atoms with Crippen LogP contribution in [0, 0.1) is 0 Å². The van der Waals surface area contributed by atoms with E-state index in [9.17, 15) is 13.2 Å². The van der Waals surface area contributed by atoms with E-state index in [2.05, 4.69) is 4.72 Å². The molecule has 0 fully saturated rings. The van der Waals surface area contributed by atoms with E-state index in [-0.39, 0.29) is 21.4 Å². The Kier molecular flexibility index (Phi) is 6.23. The Morgan fingerprint density at radius 2 is 1.83 bits per heavy atom. The summed E-state index contributed by atoms with van der Waals surface area (Å²) in [7, 11) is -2.86. The summed E-state index contributed by atoms with van der Waals surface area (Å²) in [6, 6.07) is 12.0. The summed E-state index contributed by atoms with van der Waals surface area (Å²) in [5.41, 5.74) is 0.785. The van der Waals surface area contributed by atoms with Gasteiger partial charge in [-0.2, -0.15) is 4.72 Å². The van der Waals surface area contributed by atoms with Crippen molar-refractivity contribution in [3.8, 4) is 0 Å². The second-order valence-electron chi connectivity index (χ2n) is 4.96. The van der Waals surface area contributed by atoms with Gasteiger partial charge in [-0.05, 0) is 30.2 Å². The van der Waals surface area contributed by atoms with E-state index in [0.717, 1.165) is 5.56 Å². The number of hydrogen-bond acceptors (Lipinski definition) is 4. The molecule has 0 spiro atoms.